The molecule has 4 aliphatic carbocycles. The standard InChI is InChI=1S/C19H30O3/c1-18-8-7-16-14(15(18)4-5-17(18)22)3-2-12-10-13(21)6-9-19(12,16)11-20/h12-16,20-21H,2-11H2,1H3/t12?,13?,14-,15-,16+,18-,19+/m0/s1. The first kappa shape index (κ1) is 15.1. The molecule has 2 N–H and O–H groups in total. The topological polar surface area (TPSA) is 57.5 Å². The predicted molar refractivity (Wildman–Crippen MR) is 84.2 cm³/mol. The lowest BCUT2D eigenvalue weighted by Crippen LogP contribution is -2.56. The van der Waals surface area contributed by atoms with Gasteiger partial charge in [-0.1, -0.05) is 6.92 Å². The molecule has 4 fully saturated rings. The monoisotopic (exact) mass is 306 g/mol. The van der Waals surface area contributed by atoms with Crippen LogP contribution in [0.25, 0.3) is 0 Å². The van der Waals surface area contributed by atoms with E-state index in [4.69, 9.17) is 0 Å². The average molecular weight is 306 g/mol. The SMILES string of the molecule is C[C@]12CC[C@@H]3[C@@H](CCC4CC(O)CC[C@@]43CO)[C@@H]1CCC2=O. The van der Waals surface area contributed by atoms with E-state index in [1.165, 1.54) is 6.42 Å². The maximum Gasteiger partial charge on any atom is 0.139 e. The first-order valence-corrected chi connectivity index (χ1v) is 9.33. The van der Waals surface area contributed by atoms with Crippen LogP contribution < -0.4 is 0 Å². The third-order valence-electron chi connectivity index (χ3n) is 8.34. The number of hydrogen-bond donors (Lipinski definition) is 2. The Balaban J connectivity index is 1.66. The molecule has 0 radical (unpaired) electrons. The van der Waals surface area contributed by atoms with Crippen LogP contribution in [0.4, 0.5) is 0 Å². The second-order valence-corrected chi connectivity index (χ2v) is 8.89. The Hall–Kier alpha value is -0.410. The molecule has 0 spiro atoms. The van der Waals surface area contributed by atoms with Crippen LogP contribution in [-0.2, 0) is 4.79 Å². The summed E-state index contributed by atoms with van der Waals surface area (Å²) in [5.41, 5.74) is -0.0338. The van der Waals surface area contributed by atoms with Crippen molar-refractivity contribution in [3.05, 3.63) is 0 Å². The number of rotatable bonds is 1. The van der Waals surface area contributed by atoms with Crippen molar-refractivity contribution in [1.29, 1.82) is 0 Å². The van der Waals surface area contributed by atoms with Crippen molar-refractivity contribution in [2.45, 2.75) is 70.8 Å². The summed E-state index contributed by atoms with van der Waals surface area (Å²) >= 11 is 0. The zero-order valence-electron chi connectivity index (χ0n) is 13.8. The van der Waals surface area contributed by atoms with Crippen LogP contribution >= 0.6 is 0 Å². The molecule has 0 aliphatic heterocycles. The molecule has 4 aliphatic rings. The van der Waals surface area contributed by atoms with Gasteiger partial charge in [-0.3, -0.25) is 4.79 Å². The van der Waals surface area contributed by atoms with Crippen molar-refractivity contribution in [1.82, 2.24) is 0 Å². The van der Waals surface area contributed by atoms with Gasteiger partial charge in [0.05, 0.1) is 6.10 Å². The average Bonchev–Trinajstić information content (AvgIpc) is 2.82. The zero-order valence-corrected chi connectivity index (χ0v) is 13.8. The summed E-state index contributed by atoms with van der Waals surface area (Å²) in [6.45, 7) is 2.49. The second kappa shape index (κ2) is 5.04. The van der Waals surface area contributed by atoms with Crippen LogP contribution in [0.2, 0.25) is 0 Å². The number of hydrogen-bond acceptors (Lipinski definition) is 3. The molecule has 7 atom stereocenters. The summed E-state index contributed by atoms with van der Waals surface area (Å²) in [4.78, 5) is 12.4. The zero-order chi connectivity index (χ0) is 15.5. The van der Waals surface area contributed by atoms with Crippen LogP contribution in [0, 0.1) is 34.5 Å². The van der Waals surface area contributed by atoms with E-state index >= 15 is 0 Å². The Labute approximate surface area is 133 Å². The Kier molecular flexibility index (Phi) is 3.47. The highest BCUT2D eigenvalue weighted by Gasteiger charge is 2.61. The van der Waals surface area contributed by atoms with Crippen LogP contribution in [0.5, 0.6) is 0 Å². The van der Waals surface area contributed by atoms with Crippen LogP contribution in [0.1, 0.15) is 64.7 Å². The van der Waals surface area contributed by atoms with E-state index in [0.29, 0.717) is 29.5 Å². The van der Waals surface area contributed by atoms with Crippen molar-refractivity contribution in [2.24, 2.45) is 34.5 Å². The highest BCUT2D eigenvalue weighted by molar-refractivity contribution is 5.87. The van der Waals surface area contributed by atoms with Crippen LogP contribution in [-0.4, -0.2) is 28.7 Å². The molecule has 0 aromatic rings. The van der Waals surface area contributed by atoms with E-state index in [9.17, 15) is 15.0 Å². The Morgan fingerprint density at radius 2 is 1.91 bits per heavy atom. The van der Waals surface area contributed by atoms with E-state index in [0.717, 1.165) is 51.4 Å². The van der Waals surface area contributed by atoms with E-state index in [1.54, 1.807) is 0 Å². The molecule has 2 unspecified atom stereocenters. The first-order chi connectivity index (χ1) is 10.5. The molecule has 0 amide bonds. The maximum atomic E-state index is 12.4. The number of ketones is 1. The van der Waals surface area contributed by atoms with Crippen LogP contribution in [0.3, 0.4) is 0 Å². The van der Waals surface area contributed by atoms with Gasteiger partial charge in [-0.25, -0.2) is 0 Å². The van der Waals surface area contributed by atoms with Gasteiger partial charge in [0.1, 0.15) is 5.78 Å². The van der Waals surface area contributed by atoms with Gasteiger partial charge in [-0.05, 0) is 80.5 Å². The van der Waals surface area contributed by atoms with E-state index in [1.807, 2.05) is 0 Å². The molecule has 4 rings (SSSR count). The third kappa shape index (κ3) is 1.84. The summed E-state index contributed by atoms with van der Waals surface area (Å²) in [6.07, 6.45) is 8.87. The number of carbonyl (C=O) groups is 1. The number of Topliss-reactive ketones (excluding diaryl/α,β-unsaturated/α-hetero) is 1. The summed E-state index contributed by atoms with van der Waals surface area (Å²) < 4.78 is 0. The van der Waals surface area contributed by atoms with Gasteiger partial charge >= 0.3 is 0 Å². The predicted octanol–water partition coefficient (Wildman–Crippen LogP) is 2.93. The number of aliphatic hydroxyl groups excluding tert-OH is 2. The van der Waals surface area contributed by atoms with Crippen molar-refractivity contribution < 1.29 is 15.0 Å². The minimum atomic E-state index is -0.164. The molecular formula is C19H30O3. The lowest BCUT2D eigenvalue weighted by molar-refractivity contribution is -0.156. The Morgan fingerprint density at radius 1 is 1.09 bits per heavy atom. The fraction of sp³-hybridized carbons (Fsp3) is 0.947. The molecule has 0 heterocycles. The fourth-order valence-electron chi connectivity index (χ4n) is 7.11. The van der Waals surface area contributed by atoms with Crippen molar-refractivity contribution >= 4 is 5.78 Å². The highest BCUT2D eigenvalue weighted by Crippen LogP contribution is 2.65. The van der Waals surface area contributed by atoms with Crippen LogP contribution in [0.15, 0.2) is 0 Å². The minimum absolute atomic E-state index is 0.0368. The normalized spacial score (nSPS) is 54.5. The van der Waals surface area contributed by atoms with E-state index < -0.39 is 0 Å². The smallest absolute Gasteiger partial charge is 0.139 e. The molecule has 3 nitrogen and oxygen atoms in total. The van der Waals surface area contributed by atoms with Gasteiger partial charge in [0.2, 0.25) is 0 Å². The molecule has 0 aromatic carbocycles. The second-order valence-electron chi connectivity index (χ2n) is 8.89. The van der Waals surface area contributed by atoms with Gasteiger partial charge in [-0.2, -0.15) is 0 Å². The lowest BCUT2D eigenvalue weighted by Gasteiger charge is -2.60. The van der Waals surface area contributed by atoms with E-state index in [-0.39, 0.29) is 23.5 Å². The maximum absolute atomic E-state index is 12.4. The van der Waals surface area contributed by atoms with Crippen molar-refractivity contribution in [3.63, 3.8) is 0 Å². The molecule has 0 aromatic heterocycles. The van der Waals surface area contributed by atoms with Gasteiger partial charge in [0, 0.05) is 18.4 Å². The number of aliphatic hydroxyl groups is 2. The summed E-state index contributed by atoms with van der Waals surface area (Å²) in [5.74, 6) is 2.74. The Morgan fingerprint density at radius 3 is 2.68 bits per heavy atom. The fourth-order valence-corrected chi connectivity index (χ4v) is 7.11. The summed E-state index contributed by atoms with van der Waals surface area (Å²) in [6, 6.07) is 0. The summed E-state index contributed by atoms with van der Waals surface area (Å²) in [7, 11) is 0. The number of fused-ring (bicyclic) bond motifs is 5. The quantitative estimate of drug-likeness (QED) is 0.783. The van der Waals surface area contributed by atoms with Gasteiger partial charge in [0.15, 0.2) is 0 Å². The molecular weight excluding hydrogens is 276 g/mol. The molecule has 4 saturated carbocycles. The van der Waals surface area contributed by atoms with Crippen molar-refractivity contribution in [3.8, 4) is 0 Å². The van der Waals surface area contributed by atoms with Gasteiger partial charge in [-0.15, -0.1) is 0 Å². The minimum Gasteiger partial charge on any atom is -0.396 e. The van der Waals surface area contributed by atoms with Gasteiger partial charge < -0.3 is 10.2 Å². The molecule has 124 valence electrons. The Bertz CT molecular complexity index is 475. The summed E-state index contributed by atoms with van der Waals surface area (Å²) in [5, 5.41) is 20.4. The van der Waals surface area contributed by atoms with Gasteiger partial charge in [0.25, 0.3) is 0 Å². The first-order valence-electron chi connectivity index (χ1n) is 9.33. The molecule has 0 bridgehead atoms. The largest absolute Gasteiger partial charge is 0.396 e. The molecule has 22 heavy (non-hydrogen) atoms. The lowest BCUT2D eigenvalue weighted by atomic mass is 9.45. The van der Waals surface area contributed by atoms with E-state index in [2.05, 4.69) is 6.92 Å². The third-order valence-corrected chi connectivity index (χ3v) is 8.34. The molecule has 0 saturated heterocycles. The van der Waals surface area contributed by atoms with Crippen molar-refractivity contribution in [2.75, 3.05) is 6.61 Å². The number of carbonyl (C=O) groups excluding carboxylic acids is 1. The highest BCUT2D eigenvalue weighted by atomic mass is 16.3. The molecule has 3 heteroatoms.